The molecular weight excluding hydrogens is 302 g/mol. The summed E-state index contributed by atoms with van der Waals surface area (Å²) in [5.74, 6) is 1.20. The second kappa shape index (κ2) is 6.69. The van der Waals surface area contributed by atoms with Gasteiger partial charge in [0.05, 0.1) is 13.0 Å². The Hall–Kier alpha value is -2.22. The van der Waals surface area contributed by atoms with Gasteiger partial charge < -0.3 is 15.0 Å². The fraction of sp³-hybridized carbons (Fsp3) is 0.429. The van der Waals surface area contributed by atoms with Crippen molar-refractivity contribution in [3.63, 3.8) is 0 Å². The van der Waals surface area contributed by atoms with E-state index < -0.39 is 0 Å². The van der Waals surface area contributed by atoms with Crippen molar-refractivity contribution in [1.29, 1.82) is 0 Å². The molecule has 1 aliphatic heterocycles. The van der Waals surface area contributed by atoms with Crippen LogP contribution >= 0.6 is 11.3 Å². The second-order valence-electron chi connectivity index (χ2n) is 5.05. The summed E-state index contributed by atoms with van der Waals surface area (Å²) in [6.45, 7) is 1.51. The lowest BCUT2D eigenvalue weighted by atomic mass is 9.97. The molecule has 1 saturated heterocycles. The van der Waals surface area contributed by atoms with Gasteiger partial charge in [0, 0.05) is 30.7 Å². The molecule has 0 saturated carbocycles. The van der Waals surface area contributed by atoms with E-state index in [0.717, 1.165) is 25.2 Å². The number of anilines is 2. The zero-order valence-corrected chi connectivity index (χ0v) is 13.0. The normalized spacial score (nSPS) is 18.0. The van der Waals surface area contributed by atoms with Gasteiger partial charge in [-0.25, -0.2) is 4.98 Å². The first-order valence-electron chi connectivity index (χ1n) is 7.09. The average molecular weight is 319 g/mol. The standard InChI is InChI=1S/C14H17N5O2S/c1-21-12-5-4-11(17-18-12)19-7-2-3-10(9-19)13(20)16-14-15-6-8-22-14/h4-6,8,10H,2-3,7,9H2,1H3,(H,15,16,20). The summed E-state index contributed by atoms with van der Waals surface area (Å²) >= 11 is 1.42. The number of carbonyl (C=O) groups excluding carboxylic acids is 1. The monoisotopic (exact) mass is 319 g/mol. The Kier molecular flexibility index (Phi) is 4.47. The number of thiazole rings is 1. The molecule has 1 unspecified atom stereocenters. The first-order chi connectivity index (χ1) is 10.8. The molecule has 2 aromatic rings. The van der Waals surface area contributed by atoms with Gasteiger partial charge in [0.25, 0.3) is 0 Å². The summed E-state index contributed by atoms with van der Waals surface area (Å²) < 4.78 is 5.01. The molecule has 7 nitrogen and oxygen atoms in total. The highest BCUT2D eigenvalue weighted by Crippen LogP contribution is 2.23. The Morgan fingerprint density at radius 2 is 2.36 bits per heavy atom. The molecule has 116 valence electrons. The molecule has 1 aliphatic rings. The van der Waals surface area contributed by atoms with E-state index >= 15 is 0 Å². The van der Waals surface area contributed by atoms with E-state index in [1.807, 2.05) is 11.4 Å². The van der Waals surface area contributed by atoms with Gasteiger partial charge in [-0.15, -0.1) is 21.5 Å². The SMILES string of the molecule is COc1ccc(N2CCCC(C(=O)Nc3nccs3)C2)nn1. The molecule has 0 aromatic carbocycles. The summed E-state index contributed by atoms with van der Waals surface area (Å²) in [4.78, 5) is 18.5. The molecule has 1 N–H and O–H groups in total. The Morgan fingerprint density at radius 3 is 3.05 bits per heavy atom. The van der Waals surface area contributed by atoms with Crippen molar-refractivity contribution in [2.75, 3.05) is 30.4 Å². The van der Waals surface area contributed by atoms with E-state index in [-0.39, 0.29) is 11.8 Å². The number of amides is 1. The first-order valence-corrected chi connectivity index (χ1v) is 7.97. The van der Waals surface area contributed by atoms with E-state index in [1.54, 1.807) is 19.4 Å². The zero-order chi connectivity index (χ0) is 15.4. The van der Waals surface area contributed by atoms with Crippen molar-refractivity contribution in [2.45, 2.75) is 12.8 Å². The average Bonchev–Trinajstić information content (AvgIpc) is 3.08. The van der Waals surface area contributed by atoms with Crippen LogP contribution in [0.15, 0.2) is 23.7 Å². The predicted molar refractivity (Wildman–Crippen MR) is 84.3 cm³/mol. The molecule has 0 radical (unpaired) electrons. The molecule has 3 heterocycles. The summed E-state index contributed by atoms with van der Waals surface area (Å²) in [6, 6.07) is 3.65. The van der Waals surface area contributed by atoms with Gasteiger partial charge >= 0.3 is 0 Å². The van der Waals surface area contributed by atoms with E-state index in [4.69, 9.17) is 4.74 Å². The Balaban J connectivity index is 1.64. The summed E-state index contributed by atoms with van der Waals surface area (Å²) in [7, 11) is 1.56. The van der Waals surface area contributed by atoms with Crippen LogP contribution in [0.25, 0.3) is 0 Å². The fourth-order valence-electron chi connectivity index (χ4n) is 2.48. The van der Waals surface area contributed by atoms with Crippen LogP contribution in [0.5, 0.6) is 5.88 Å². The highest BCUT2D eigenvalue weighted by molar-refractivity contribution is 7.13. The van der Waals surface area contributed by atoms with Crippen LogP contribution in [-0.4, -0.2) is 41.3 Å². The van der Waals surface area contributed by atoms with Gasteiger partial charge in [0.15, 0.2) is 10.9 Å². The lowest BCUT2D eigenvalue weighted by Gasteiger charge is -2.32. The molecular formula is C14H17N5O2S. The quantitative estimate of drug-likeness (QED) is 0.925. The number of nitrogens with one attached hydrogen (secondary N) is 1. The number of aromatic nitrogens is 3. The lowest BCUT2D eigenvalue weighted by molar-refractivity contribution is -0.120. The Bertz CT molecular complexity index is 617. The van der Waals surface area contributed by atoms with Crippen LogP contribution in [-0.2, 0) is 4.79 Å². The molecule has 2 aromatic heterocycles. The Labute approximate surface area is 132 Å². The van der Waals surface area contributed by atoms with Gasteiger partial charge in [-0.3, -0.25) is 4.79 Å². The minimum atomic E-state index is -0.0680. The van der Waals surface area contributed by atoms with Crippen LogP contribution in [0, 0.1) is 5.92 Å². The minimum Gasteiger partial charge on any atom is -0.480 e. The lowest BCUT2D eigenvalue weighted by Crippen LogP contribution is -2.41. The number of rotatable bonds is 4. The summed E-state index contributed by atoms with van der Waals surface area (Å²) in [5.41, 5.74) is 0. The maximum absolute atomic E-state index is 12.3. The maximum atomic E-state index is 12.3. The number of nitrogens with zero attached hydrogens (tertiary/aromatic N) is 4. The van der Waals surface area contributed by atoms with Gasteiger partial charge in [-0.1, -0.05) is 0 Å². The van der Waals surface area contributed by atoms with Crippen molar-refractivity contribution in [1.82, 2.24) is 15.2 Å². The molecule has 1 fully saturated rings. The van der Waals surface area contributed by atoms with E-state index in [0.29, 0.717) is 17.6 Å². The second-order valence-corrected chi connectivity index (χ2v) is 5.94. The van der Waals surface area contributed by atoms with Crippen LogP contribution in [0.1, 0.15) is 12.8 Å². The van der Waals surface area contributed by atoms with Gasteiger partial charge in [0.1, 0.15) is 0 Å². The van der Waals surface area contributed by atoms with E-state index in [2.05, 4.69) is 25.4 Å². The van der Waals surface area contributed by atoms with Gasteiger partial charge in [0.2, 0.25) is 11.8 Å². The van der Waals surface area contributed by atoms with Crippen LogP contribution in [0.2, 0.25) is 0 Å². The molecule has 8 heteroatoms. The van der Waals surface area contributed by atoms with Gasteiger partial charge in [-0.2, -0.15) is 0 Å². The topological polar surface area (TPSA) is 80.2 Å². The van der Waals surface area contributed by atoms with Crippen molar-refractivity contribution in [2.24, 2.45) is 5.92 Å². The zero-order valence-electron chi connectivity index (χ0n) is 12.2. The summed E-state index contributed by atoms with van der Waals surface area (Å²) in [6.07, 6.45) is 3.50. The molecule has 0 bridgehead atoms. The molecule has 22 heavy (non-hydrogen) atoms. The molecule has 1 atom stereocenters. The highest BCUT2D eigenvalue weighted by Gasteiger charge is 2.27. The smallest absolute Gasteiger partial charge is 0.233 e. The molecule has 0 spiro atoms. The van der Waals surface area contributed by atoms with Crippen LogP contribution in [0.4, 0.5) is 10.9 Å². The van der Waals surface area contributed by atoms with Crippen molar-refractivity contribution >= 4 is 28.2 Å². The van der Waals surface area contributed by atoms with E-state index in [1.165, 1.54) is 11.3 Å². The predicted octanol–water partition coefficient (Wildman–Crippen LogP) is 1.80. The number of hydrogen-bond acceptors (Lipinski definition) is 7. The Morgan fingerprint density at radius 1 is 1.45 bits per heavy atom. The van der Waals surface area contributed by atoms with E-state index in [9.17, 15) is 4.79 Å². The third kappa shape index (κ3) is 3.33. The number of piperidine rings is 1. The first kappa shape index (κ1) is 14.7. The number of methoxy groups -OCH3 is 1. The van der Waals surface area contributed by atoms with Crippen molar-refractivity contribution < 1.29 is 9.53 Å². The maximum Gasteiger partial charge on any atom is 0.233 e. The molecule has 0 aliphatic carbocycles. The van der Waals surface area contributed by atoms with Gasteiger partial charge in [-0.05, 0) is 18.9 Å². The highest BCUT2D eigenvalue weighted by atomic mass is 32.1. The molecule has 3 rings (SSSR count). The van der Waals surface area contributed by atoms with Crippen LogP contribution < -0.4 is 15.0 Å². The van der Waals surface area contributed by atoms with Crippen molar-refractivity contribution in [3.8, 4) is 5.88 Å². The fourth-order valence-corrected chi connectivity index (χ4v) is 3.01. The number of hydrogen-bond donors (Lipinski definition) is 1. The largest absolute Gasteiger partial charge is 0.480 e. The minimum absolute atomic E-state index is 0.0149. The number of ether oxygens (including phenoxy) is 1. The summed E-state index contributed by atoms with van der Waals surface area (Å²) in [5, 5.41) is 13.5. The third-order valence-corrected chi connectivity index (χ3v) is 4.30. The number of carbonyl (C=O) groups is 1. The van der Waals surface area contributed by atoms with Crippen LogP contribution in [0.3, 0.4) is 0 Å². The third-order valence-electron chi connectivity index (χ3n) is 3.61. The molecule has 1 amide bonds. The van der Waals surface area contributed by atoms with Crippen molar-refractivity contribution in [3.05, 3.63) is 23.7 Å².